The summed E-state index contributed by atoms with van der Waals surface area (Å²) in [5, 5.41) is 3.15. The van der Waals surface area contributed by atoms with Crippen molar-refractivity contribution in [2.45, 2.75) is 19.6 Å². The average Bonchev–Trinajstić information content (AvgIpc) is 3.47. The third-order valence-corrected chi connectivity index (χ3v) is 5.86. The van der Waals surface area contributed by atoms with Crippen molar-refractivity contribution in [1.82, 2.24) is 14.9 Å². The van der Waals surface area contributed by atoms with Crippen molar-refractivity contribution in [3.05, 3.63) is 88.7 Å². The summed E-state index contributed by atoms with van der Waals surface area (Å²) in [6.45, 7) is 2.13. The Balaban J connectivity index is 1.29. The molecule has 1 aliphatic heterocycles. The van der Waals surface area contributed by atoms with E-state index >= 15 is 0 Å². The van der Waals surface area contributed by atoms with E-state index in [1.807, 2.05) is 41.0 Å². The third kappa shape index (κ3) is 4.93. The molecule has 178 valence electrons. The highest BCUT2D eigenvalue weighted by molar-refractivity contribution is 6.31. The van der Waals surface area contributed by atoms with Gasteiger partial charge in [-0.2, -0.15) is 0 Å². The zero-order chi connectivity index (χ0) is 24.4. The third-order valence-electron chi connectivity index (χ3n) is 5.62. The lowest BCUT2D eigenvalue weighted by Crippen LogP contribution is -2.31. The number of amides is 1. The van der Waals surface area contributed by atoms with Crippen molar-refractivity contribution in [3.8, 4) is 11.5 Å². The molecule has 0 unspecified atom stereocenters. The summed E-state index contributed by atoms with van der Waals surface area (Å²) in [5.41, 5.74) is 3.03. The number of nitrogens with zero attached hydrogens (tertiary/aromatic N) is 2. The van der Waals surface area contributed by atoms with Crippen LogP contribution in [-0.4, -0.2) is 34.8 Å². The highest BCUT2D eigenvalue weighted by Gasteiger charge is 2.22. The molecule has 0 radical (unpaired) electrons. The lowest BCUT2D eigenvalue weighted by Gasteiger charge is -2.16. The molecular weight excluding hydrogens is 470 g/mol. The van der Waals surface area contributed by atoms with Crippen LogP contribution in [0, 0.1) is 0 Å². The second-order valence-corrected chi connectivity index (χ2v) is 8.49. The van der Waals surface area contributed by atoms with Gasteiger partial charge in [0.15, 0.2) is 23.4 Å². The Kier molecular flexibility index (Phi) is 6.29. The smallest absolute Gasteiger partial charge is 0.326 e. The van der Waals surface area contributed by atoms with Gasteiger partial charge in [-0.15, -0.1) is 0 Å². The van der Waals surface area contributed by atoms with Crippen LogP contribution in [0.5, 0.6) is 11.5 Å². The summed E-state index contributed by atoms with van der Waals surface area (Å²) < 4.78 is 18.2. The van der Waals surface area contributed by atoms with Crippen LogP contribution < -0.4 is 14.8 Å². The van der Waals surface area contributed by atoms with Gasteiger partial charge in [-0.1, -0.05) is 41.9 Å². The summed E-state index contributed by atoms with van der Waals surface area (Å²) in [5.74, 6) is 0.657. The van der Waals surface area contributed by atoms with Crippen molar-refractivity contribution in [1.29, 1.82) is 0 Å². The highest BCUT2D eigenvalue weighted by Crippen LogP contribution is 2.32. The number of ether oxygens (including phenoxy) is 3. The molecule has 35 heavy (non-hydrogen) atoms. The first-order valence-corrected chi connectivity index (χ1v) is 11.4. The highest BCUT2D eigenvalue weighted by atomic mass is 35.5. The molecule has 0 spiro atoms. The van der Waals surface area contributed by atoms with E-state index in [9.17, 15) is 9.59 Å². The predicted molar refractivity (Wildman–Crippen MR) is 130 cm³/mol. The van der Waals surface area contributed by atoms with Gasteiger partial charge in [-0.3, -0.25) is 9.59 Å². The second kappa shape index (κ2) is 9.68. The number of benzene rings is 3. The number of hydrogen-bond donors (Lipinski definition) is 1. The van der Waals surface area contributed by atoms with Gasteiger partial charge in [0.25, 0.3) is 5.91 Å². The largest absolute Gasteiger partial charge is 0.454 e. The van der Waals surface area contributed by atoms with E-state index in [2.05, 4.69) is 10.3 Å². The van der Waals surface area contributed by atoms with E-state index in [0.717, 1.165) is 11.1 Å². The Hall–Kier alpha value is -4.04. The van der Waals surface area contributed by atoms with E-state index in [1.165, 1.54) is 0 Å². The van der Waals surface area contributed by atoms with Crippen LogP contribution in [0.1, 0.15) is 34.8 Å². The van der Waals surface area contributed by atoms with Gasteiger partial charge in [0.1, 0.15) is 6.54 Å². The zero-order valence-corrected chi connectivity index (χ0v) is 19.6. The Morgan fingerprint density at radius 1 is 1.09 bits per heavy atom. The van der Waals surface area contributed by atoms with Crippen molar-refractivity contribution < 1.29 is 23.8 Å². The van der Waals surface area contributed by atoms with Gasteiger partial charge in [0.05, 0.1) is 11.0 Å². The number of aromatic nitrogens is 2. The predicted octanol–water partition coefficient (Wildman–Crippen LogP) is 4.50. The number of rotatable bonds is 7. The van der Waals surface area contributed by atoms with Crippen LogP contribution in [0.2, 0.25) is 5.02 Å². The topological polar surface area (TPSA) is 91.7 Å². The average molecular weight is 492 g/mol. The van der Waals surface area contributed by atoms with Gasteiger partial charge in [-0.25, -0.2) is 4.98 Å². The Bertz CT molecular complexity index is 1400. The molecule has 8 nitrogen and oxygen atoms in total. The number of imidazole rings is 1. The Morgan fingerprint density at radius 3 is 2.71 bits per heavy atom. The molecule has 1 atom stereocenters. The summed E-state index contributed by atoms with van der Waals surface area (Å²) in [6.07, 6.45) is -0.653. The number of fused-ring (bicyclic) bond motifs is 2. The first-order valence-electron chi connectivity index (χ1n) is 11.0. The molecule has 0 fully saturated rings. The fraction of sp³-hybridized carbons (Fsp3) is 0.192. The molecular formula is C26H22ClN3O5. The normalized spacial score (nSPS) is 13.0. The molecule has 2 heterocycles. The van der Waals surface area contributed by atoms with Crippen molar-refractivity contribution >= 4 is 34.5 Å². The Labute approximate surface area is 206 Å². The maximum atomic E-state index is 12.5. The number of carbonyl (C=O) groups is 2. The maximum absolute atomic E-state index is 12.5. The molecule has 1 amide bonds. The first-order chi connectivity index (χ1) is 17.0. The summed E-state index contributed by atoms with van der Waals surface area (Å²) in [6, 6.07) is 20.3. The lowest BCUT2D eigenvalue weighted by molar-refractivity contribution is -0.147. The number of nitrogens with one attached hydrogen (secondary N) is 1. The second-order valence-electron chi connectivity index (χ2n) is 8.06. The molecule has 1 aromatic heterocycles. The SMILES string of the molecule is C[C@H](OC(=O)CNC(=O)c1ccc2c(c1)OCO2)c1nc2cc(Cl)ccc2n1Cc1ccccc1. The van der Waals surface area contributed by atoms with E-state index in [4.69, 9.17) is 25.8 Å². The standard InChI is InChI=1S/C26H22ClN3O5/c1-16(35-24(31)13-28-26(32)18-7-10-22-23(11-18)34-15-33-22)25-29-20-12-19(27)8-9-21(20)30(25)14-17-5-3-2-4-6-17/h2-12,16H,13-15H2,1H3,(H,28,32)/t16-/m0/s1. The summed E-state index contributed by atoms with van der Waals surface area (Å²) >= 11 is 6.17. The Morgan fingerprint density at radius 2 is 1.89 bits per heavy atom. The van der Waals surface area contributed by atoms with Crippen molar-refractivity contribution in [2.75, 3.05) is 13.3 Å². The minimum atomic E-state index is -0.653. The van der Waals surface area contributed by atoms with E-state index in [0.29, 0.717) is 40.0 Å². The van der Waals surface area contributed by atoms with Crippen LogP contribution in [-0.2, 0) is 16.1 Å². The molecule has 0 saturated heterocycles. The number of halogens is 1. The monoisotopic (exact) mass is 491 g/mol. The number of carbonyl (C=O) groups excluding carboxylic acids is 2. The summed E-state index contributed by atoms with van der Waals surface area (Å²) in [4.78, 5) is 29.7. The van der Waals surface area contributed by atoms with Crippen LogP contribution >= 0.6 is 11.6 Å². The van der Waals surface area contributed by atoms with Crippen LogP contribution in [0.15, 0.2) is 66.7 Å². The fourth-order valence-corrected chi connectivity index (χ4v) is 4.11. The van der Waals surface area contributed by atoms with Gasteiger partial charge < -0.3 is 24.1 Å². The minimum Gasteiger partial charge on any atom is -0.454 e. The molecule has 0 saturated carbocycles. The summed E-state index contributed by atoms with van der Waals surface area (Å²) in [7, 11) is 0. The molecule has 9 heteroatoms. The van der Waals surface area contributed by atoms with Crippen LogP contribution in [0.3, 0.4) is 0 Å². The first kappa shape index (κ1) is 22.7. The molecule has 0 aliphatic carbocycles. The number of esters is 1. The quantitative estimate of drug-likeness (QED) is 0.383. The lowest BCUT2D eigenvalue weighted by atomic mass is 10.2. The van der Waals surface area contributed by atoms with Gasteiger partial charge in [0.2, 0.25) is 6.79 Å². The van der Waals surface area contributed by atoms with Gasteiger partial charge in [0, 0.05) is 17.1 Å². The van der Waals surface area contributed by atoms with E-state index in [-0.39, 0.29) is 13.3 Å². The van der Waals surface area contributed by atoms with Crippen LogP contribution in [0.4, 0.5) is 0 Å². The van der Waals surface area contributed by atoms with E-state index < -0.39 is 18.0 Å². The van der Waals surface area contributed by atoms with Gasteiger partial charge >= 0.3 is 5.97 Å². The van der Waals surface area contributed by atoms with E-state index in [1.54, 1.807) is 37.3 Å². The van der Waals surface area contributed by atoms with Crippen molar-refractivity contribution in [2.24, 2.45) is 0 Å². The van der Waals surface area contributed by atoms with Crippen molar-refractivity contribution in [3.63, 3.8) is 0 Å². The molecule has 1 N–H and O–H groups in total. The number of hydrogen-bond acceptors (Lipinski definition) is 6. The van der Waals surface area contributed by atoms with Crippen LogP contribution in [0.25, 0.3) is 11.0 Å². The van der Waals surface area contributed by atoms with Gasteiger partial charge in [-0.05, 0) is 48.9 Å². The molecule has 1 aliphatic rings. The maximum Gasteiger partial charge on any atom is 0.326 e. The molecule has 5 rings (SSSR count). The minimum absolute atomic E-state index is 0.117. The zero-order valence-electron chi connectivity index (χ0n) is 18.9. The molecule has 4 aromatic rings. The fourth-order valence-electron chi connectivity index (χ4n) is 3.95. The molecule has 3 aromatic carbocycles. The molecule has 0 bridgehead atoms.